The van der Waals surface area contributed by atoms with Crippen LogP contribution >= 0.6 is 0 Å². The third kappa shape index (κ3) is 3.50. The summed E-state index contributed by atoms with van der Waals surface area (Å²) in [6.07, 6.45) is 0. The lowest BCUT2D eigenvalue weighted by atomic mass is 9.97. The number of amides is 1. The SMILES string of the molecule is COc1ccc(C)cc1/C(O)=C1\C(=O)C(=O)N(c2ccc(C)cc2)C1c1ccc(C)o1. The summed E-state index contributed by atoms with van der Waals surface area (Å²) in [6.45, 7) is 5.59. The number of furan rings is 1. The van der Waals surface area contributed by atoms with Crippen molar-refractivity contribution in [1.82, 2.24) is 0 Å². The van der Waals surface area contributed by atoms with Crippen LogP contribution in [0.2, 0.25) is 0 Å². The minimum absolute atomic E-state index is 0.0381. The molecule has 0 aliphatic carbocycles. The number of nitrogens with zero attached hydrogens (tertiary/aromatic N) is 1. The van der Waals surface area contributed by atoms with Crippen LogP contribution in [0.4, 0.5) is 5.69 Å². The molecular formula is C25H23NO5. The molecule has 0 bridgehead atoms. The first-order valence-corrected chi connectivity index (χ1v) is 9.91. The maximum Gasteiger partial charge on any atom is 0.300 e. The monoisotopic (exact) mass is 417 g/mol. The second kappa shape index (κ2) is 7.80. The van der Waals surface area contributed by atoms with Crippen molar-refractivity contribution in [3.05, 3.63) is 88.4 Å². The molecule has 1 atom stereocenters. The highest BCUT2D eigenvalue weighted by Gasteiger charge is 2.48. The average molecular weight is 417 g/mol. The van der Waals surface area contributed by atoms with Crippen molar-refractivity contribution in [3.63, 3.8) is 0 Å². The first-order valence-electron chi connectivity index (χ1n) is 9.91. The lowest BCUT2D eigenvalue weighted by Gasteiger charge is -2.23. The summed E-state index contributed by atoms with van der Waals surface area (Å²) in [7, 11) is 1.49. The Balaban J connectivity index is 1.97. The van der Waals surface area contributed by atoms with Crippen LogP contribution in [0.5, 0.6) is 5.75 Å². The summed E-state index contributed by atoms with van der Waals surface area (Å²) >= 11 is 0. The fourth-order valence-electron chi connectivity index (χ4n) is 3.83. The van der Waals surface area contributed by atoms with Crippen LogP contribution in [0.1, 0.15) is 34.3 Å². The standard InChI is InChI=1S/C25H23NO5/c1-14-5-9-17(10-6-14)26-22(20-12-8-16(3)31-20)21(24(28)25(26)29)23(27)18-13-15(2)7-11-19(18)30-4/h5-13,22,27H,1-4H3/b23-21+. The first kappa shape index (κ1) is 20.5. The van der Waals surface area contributed by atoms with E-state index >= 15 is 0 Å². The van der Waals surface area contributed by atoms with Crippen LogP contribution in [0.25, 0.3) is 5.76 Å². The highest BCUT2D eigenvalue weighted by atomic mass is 16.5. The van der Waals surface area contributed by atoms with E-state index in [1.165, 1.54) is 12.0 Å². The Labute approximate surface area is 180 Å². The highest BCUT2D eigenvalue weighted by Crippen LogP contribution is 2.43. The highest BCUT2D eigenvalue weighted by molar-refractivity contribution is 6.51. The summed E-state index contributed by atoms with van der Waals surface area (Å²) < 4.78 is 11.2. The van der Waals surface area contributed by atoms with Crippen LogP contribution in [-0.4, -0.2) is 23.9 Å². The van der Waals surface area contributed by atoms with Crippen LogP contribution in [0.3, 0.4) is 0 Å². The zero-order chi connectivity index (χ0) is 22.3. The Morgan fingerprint density at radius 2 is 1.65 bits per heavy atom. The van der Waals surface area contributed by atoms with Gasteiger partial charge in [0, 0.05) is 5.69 Å². The van der Waals surface area contributed by atoms with E-state index < -0.39 is 17.7 Å². The maximum absolute atomic E-state index is 13.2. The molecule has 6 heteroatoms. The lowest BCUT2D eigenvalue weighted by Crippen LogP contribution is -2.29. The molecule has 6 nitrogen and oxygen atoms in total. The third-order valence-corrected chi connectivity index (χ3v) is 5.40. The lowest BCUT2D eigenvalue weighted by molar-refractivity contribution is -0.132. The number of ketones is 1. The van der Waals surface area contributed by atoms with E-state index in [2.05, 4.69) is 0 Å². The zero-order valence-electron chi connectivity index (χ0n) is 17.8. The van der Waals surface area contributed by atoms with Gasteiger partial charge in [0.1, 0.15) is 29.1 Å². The Hall–Kier alpha value is -3.80. The minimum atomic E-state index is -0.901. The van der Waals surface area contributed by atoms with Gasteiger partial charge in [0.05, 0.1) is 18.2 Å². The molecule has 1 fully saturated rings. The number of Topliss-reactive ketones (excluding diaryl/α,β-unsaturated/α-hetero) is 1. The van der Waals surface area contributed by atoms with Gasteiger partial charge in [-0.1, -0.05) is 29.3 Å². The number of ether oxygens (including phenoxy) is 1. The summed E-state index contributed by atoms with van der Waals surface area (Å²) in [5.41, 5.74) is 2.75. The van der Waals surface area contributed by atoms with E-state index in [0.29, 0.717) is 28.5 Å². The predicted molar refractivity (Wildman–Crippen MR) is 117 cm³/mol. The third-order valence-electron chi connectivity index (χ3n) is 5.40. The molecule has 2 aromatic carbocycles. The summed E-state index contributed by atoms with van der Waals surface area (Å²) in [4.78, 5) is 27.6. The van der Waals surface area contributed by atoms with Crippen molar-refractivity contribution in [2.24, 2.45) is 0 Å². The van der Waals surface area contributed by atoms with Gasteiger partial charge in [-0.15, -0.1) is 0 Å². The normalized spacial score (nSPS) is 17.9. The van der Waals surface area contributed by atoms with Gasteiger partial charge in [0.25, 0.3) is 11.7 Å². The van der Waals surface area contributed by atoms with Crippen LogP contribution in [0, 0.1) is 20.8 Å². The molecule has 0 spiro atoms. The topological polar surface area (TPSA) is 80.0 Å². The molecule has 1 unspecified atom stereocenters. The number of carbonyl (C=O) groups excluding carboxylic acids is 2. The van der Waals surface area contributed by atoms with Gasteiger partial charge in [0.2, 0.25) is 0 Å². The molecule has 1 N–H and O–H groups in total. The molecule has 1 aliphatic heterocycles. The van der Waals surface area contributed by atoms with Crippen molar-refractivity contribution in [2.45, 2.75) is 26.8 Å². The fourth-order valence-corrected chi connectivity index (χ4v) is 3.83. The number of hydrogen-bond acceptors (Lipinski definition) is 5. The van der Waals surface area contributed by atoms with Crippen LogP contribution < -0.4 is 9.64 Å². The molecule has 31 heavy (non-hydrogen) atoms. The van der Waals surface area contributed by atoms with Gasteiger partial charge in [-0.25, -0.2) is 0 Å². The van der Waals surface area contributed by atoms with E-state index in [-0.39, 0.29) is 11.3 Å². The molecular weight excluding hydrogens is 394 g/mol. The van der Waals surface area contributed by atoms with Crippen molar-refractivity contribution in [3.8, 4) is 5.75 Å². The maximum atomic E-state index is 13.2. The van der Waals surface area contributed by atoms with E-state index in [9.17, 15) is 14.7 Å². The number of aryl methyl sites for hydroxylation is 3. The van der Waals surface area contributed by atoms with Crippen LogP contribution in [0.15, 0.2) is 64.6 Å². The average Bonchev–Trinajstić information content (AvgIpc) is 3.29. The largest absolute Gasteiger partial charge is 0.507 e. The first-order chi connectivity index (χ1) is 14.8. The van der Waals surface area contributed by atoms with Gasteiger partial charge >= 0.3 is 0 Å². The molecule has 1 aliphatic rings. The molecule has 2 heterocycles. The number of anilines is 1. The molecule has 1 aromatic heterocycles. The molecule has 0 saturated carbocycles. The summed E-state index contributed by atoms with van der Waals surface area (Å²) in [5, 5.41) is 11.3. The van der Waals surface area contributed by atoms with Crippen molar-refractivity contribution >= 4 is 23.1 Å². The van der Waals surface area contributed by atoms with Crippen molar-refractivity contribution < 1.29 is 23.8 Å². The molecule has 3 aromatic rings. The fraction of sp³-hybridized carbons (Fsp3) is 0.200. The molecule has 158 valence electrons. The zero-order valence-corrected chi connectivity index (χ0v) is 17.8. The molecule has 1 saturated heterocycles. The number of methoxy groups -OCH3 is 1. The van der Waals surface area contributed by atoms with Gasteiger partial charge in [0.15, 0.2) is 0 Å². The van der Waals surface area contributed by atoms with Gasteiger partial charge in [-0.2, -0.15) is 0 Å². The smallest absolute Gasteiger partial charge is 0.300 e. The molecule has 4 rings (SSSR count). The number of carbonyl (C=O) groups is 2. The van der Waals surface area contributed by atoms with Gasteiger partial charge in [-0.05, 0) is 57.2 Å². The number of aliphatic hydroxyl groups excluding tert-OH is 1. The Morgan fingerprint density at radius 3 is 2.26 bits per heavy atom. The molecule has 0 radical (unpaired) electrons. The Kier molecular flexibility index (Phi) is 5.15. The predicted octanol–water partition coefficient (Wildman–Crippen LogP) is 4.84. The number of benzene rings is 2. The van der Waals surface area contributed by atoms with Crippen molar-refractivity contribution in [2.75, 3.05) is 12.0 Å². The van der Waals surface area contributed by atoms with E-state index in [0.717, 1.165) is 11.1 Å². The number of aliphatic hydroxyl groups is 1. The second-order valence-corrected chi connectivity index (χ2v) is 7.66. The second-order valence-electron chi connectivity index (χ2n) is 7.66. The van der Waals surface area contributed by atoms with Gasteiger partial charge in [-0.3, -0.25) is 14.5 Å². The minimum Gasteiger partial charge on any atom is -0.507 e. The van der Waals surface area contributed by atoms with Gasteiger partial charge < -0.3 is 14.3 Å². The van der Waals surface area contributed by atoms with Crippen molar-refractivity contribution in [1.29, 1.82) is 0 Å². The quantitative estimate of drug-likeness (QED) is 0.373. The number of rotatable bonds is 4. The van der Waals surface area contributed by atoms with Crippen LogP contribution in [-0.2, 0) is 9.59 Å². The van der Waals surface area contributed by atoms with E-state index in [4.69, 9.17) is 9.15 Å². The Morgan fingerprint density at radius 1 is 0.968 bits per heavy atom. The Bertz CT molecular complexity index is 1200. The number of hydrogen-bond donors (Lipinski definition) is 1. The van der Waals surface area contributed by atoms with E-state index in [1.54, 1.807) is 43.3 Å². The summed E-state index contributed by atoms with van der Waals surface area (Å²) in [5.74, 6) is -0.369. The molecule has 1 amide bonds. The summed E-state index contributed by atoms with van der Waals surface area (Å²) in [6, 6.07) is 15.1. The van der Waals surface area contributed by atoms with E-state index in [1.807, 2.05) is 32.0 Å².